The molecule has 0 bridgehead atoms. The second kappa shape index (κ2) is 11.8. The van der Waals surface area contributed by atoms with Crippen molar-refractivity contribution in [2.45, 2.75) is 10.6 Å². The fourth-order valence-electron chi connectivity index (χ4n) is 3.04. The Hall–Kier alpha value is -3.11. The number of thioether (sulfide) groups is 1. The Morgan fingerprint density at radius 3 is 2.32 bits per heavy atom. The molecule has 0 aliphatic rings. The van der Waals surface area contributed by atoms with Crippen LogP contribution in [0.2, 0.25) is 0 Å². The van der Waals surface area contributed by atoms with Crippen LogP contribution in [-0.2, 0) is 20.6 Å². The zero-order chi connectivity index (χ0) is 24.6. The first-order valence-corrected chi connectivity index (χ1v) is 12.9. The molecule has 3 aromatic rings. The third-order valence-corrected chi connectivity index (χ3v) is 7.63. The highest BCUT2D eigenvalue weighted by Gasteiger charge is 2.27. The Balaban J connectivity index is 1.66. The quantitative estimate of drug-likeness (QED) is 0.394. The summed E-state index contributed by atoms with van der Waals surface area (Å²) in [6, 6.07) is 17.1. The third kappa shape index (κ3) is 6.71. The molecular weight excluding hydrogens is 482 g/mol. The molecule has 180 valence electrons. The number of carbonyl (C=O) groups excluding carboxylic acids is 1. The predicted octanol–water partition coefficient (Wildman–Crippen LogP) is 4.22. The van der Waals surface area contributed by atoms with E-state index < -0.39 is 28.3 Å². The smallest absolute Gasteiger partial charge is 0.264 e. The number of carbonyl (C=O) groups is 1. The second-order valence-corrected chi connectivity index (χ2v) is 10.1. The van der Waals surface area contributed by atoms with Gasteiger partial charge in [0.05, 0.1) is 17.7 Å². The predicted molar refractivity (Wildman–Crippen MR) is 129 cm³/mol. The molecule has 0 spiro atoms. The van der Waals surface area contributed by atoms with Gasteiger partial charge in [-0.3, -0.25) is 9.10 Å². The van der Waals surface area contributed by atoms with Crippen LogP contribution in [0.25, 0.3) is 0 Å². The Morgan fingerprint density at radius 2 is 1.68 bits per heavy atom. The zero-order valence-corrected chi connectivity index (χ0v) is 20.0. The highest BCUT2D eigenvalue weighted by Crippen LogP contribution is 2.25. The molecule has 0 aliphatic heterocycles. The van der Waals surface area contributed by atoms with Crippen LogP contribution in [0.1, 0.15) is 5.56 Å². The molecule has 0 saturated heterocycles. The van der Waals surface area contributed by atoms with Gasteiger partial charge in [0.1, 0.15) is 23.9 Å². The topological polar surface area (TPSA) is 75.7 Å². The minimum atomic E-state index is -4.12. The number of hydrogen-bond donors (Lipinski definition) is 1. The summed E-state index contributed by atoms with van der Waals surface area (Å²) in [5.41, 5.74) is 0.730. The van der Waals surface area contributed by atoms with Crippen LogP contribution in [0.4, 0.5) is 14.5 Å². The number of amides is 1. The summed E-state index contributed by atoms with van der Waals surface area (Å²) in [6.45, 7) is -0.213. The number of benzene rings is 3. The number of nitrogens with one attached hydrogen (secondary N) is 1. The molecule has 6 nitrogen and oxygen atoms in total. The molecule has 3 aromatic carbocycles. The number of rotatable bonds is 11. The van der Waals surface area contributed by atoms with Gasteiger partial charge in [0, 0.05) is 18.1 Å². The standard InChI is InChI=1S/C24H24F2N2O4S2/c1-32-21-10-12-22(13-11-21)34(30,31)28(20-8-6-19(25)7-9-20)16-24(29)27-14-15-33-17-18-4-2-3-5-23(18)26/h2-13H,14-17H2,1H3,(H,27,29). The van der Waals surface area contributed by atoms with Crippen molar-refractivity contribution >= 4 is 33.4 Å². The highest BCUT2D eigenvalue weighted by atomic mass is 32.2. The zero-order valence-electron chi connectivity index (χ0n) is 18.4. The van der Waals surface area contributed by atoms with E-state index in [4.69, 9.17) is 4.74 Å². The summed E-state index contributed by atoms with van der Waals surface area (Å²) >= 11 is 1.45. The lowest BCUT2D eigenvalue weighted by Gasteiger charge is -2.24. The average molecular weight is 507 g/mol. The normalized spacial score (nSPS) is 11.1. The molecule has 1 amide bonds. The Labute approximate surface area is 202 Å². The van der Waals surface area contributed by atoms with Crippen LogP contribution in [0, 0.1) is 11.6 Å². The fraction of sp³-hybridized carbons (Fsp3) is 0.208. The van der Waals surface area contributed by atoms with E-state index in [0.717, 1.165) is 16.4 Å². The molecule has 1 N–H and O–H groups in total. The minimum Gasteiger partial charge on any atom is -0.497 e. The molecule has 0 atom stereocenters. The van der Waals surface area contributed by atoms with Crippen molar-refractivity contribution in [3.63, 3.8) is 0 Å². The van der Waals surface area contributed by atoms with E-state index in [0.29, 0.717) is 22.8 Å². The van der Waals surface area contributed by atoms with E-state index in [1.165, 1.54) is 61.3 Å². The van der Waals surface area contributed by atoms with Gasteiger partial charge in [-0.1, -0.05) is 18.2 Å². The van der Waals surface area contributed by atoms with Crippen LogP contribution in [0.5, 0.6) is 5.75 Å². The van der Waals surface area contributed by atoms with Gasteiger partial charge >= 0.3 is 0 Å². The molecule has 34 heavy (non-hydrogen) atoms. The van der Waals surface area contributed by atoms with Crippen LogP contribution in [0.15, 0.2) is 77.7 Å². The fourth-order valence-corrected chi connectivity index (χ4v) is 5.31. The summed E-state index contributed by atoms with van der Waals surface area (Å²) in [4.78, 5) is 12.5. The number of hydrogen-bond acceptors (Lipinski definition) is 5. The molecule has 0 aliphatic carbocycles. The Morgan fingerprint density at radius 1 is 1.00 bits per heavy atom. The third-order valence-electron chi connectivity index (χ3n) is 4.83. The van der Waals surface area contributed by atoms with E-state index in [1.54, 1.807) is 18.2 Å². The first-order valence-electron chi connectivity index (χ1n) is 10.3. The minimum absolute atomic E-state index is 0.0362. The summed E-state index contributed by atoms with van der Waals surface area (Å²) in [7, 11) is -2.65. The maximum atomic E-state index is 13.7. The maximum absolute atomic E-state index is 13.7. The molecule has 0 heterocycles. The summed E-state index contributed by atoms with van der Waals surface area (Å²) < 4.78 is 59.7. The van der Waals surface area contributed by atoms with Crippen molar-refractivity contribution in [1.82, 2.24) is 5.32 Å². The Bertz CT molecular complexity index is 1200. The lowest BCUT2D eigenvalue weighted by Crippen LogP contribution is -2.41. The second-order valence-electron chi connectivity index (χ2n) is 7.16. The van der Waals surface area contributed by atoms with Crippen molar-refractivity contribution < 1.29 is 26.7 Å². The first-order chi connectivity index (χ1) is 16.3. The summed E-state index contributed by atoms with van der Waals surface area (Å²) in [5.74, 6) is 0.128. The summed E-state index contributed by atoms with van der Waals surface area (Å²) in [5, 5.41) is 2.68. The van der Waals surface area contributed by atoms with Crippen molar-refractivity contribution in [1.29, 1.82) is 0 Å². The van der Waals surface area contributed by atoms with Gasteiger partial charge in [0.15, 0.2) is 0 Å². The first kappa shape index (κ1) is 25.5. The van der Waals surface area contributed by atoms with Gasteiger partial charge in [0.25, 0.3) is 10.0 Å². The Kier molecular flexibility index (Phi) is 8.89. The number of nitrogens with zero attached hydrogens (tertiary/aromatic N) is 1. The molecule has 10 heteroatoms. The van der Waals surface area contributed by atoms with Gasteiger partial charge in [0.2, 0.25) is 5.91 Å². The van der Waals surface area contributed by atoms with E-state index in [1.807, 2.05) is 0 Å². The number of ether oxygens (including phenoxy) is 1. The van der Waals surface area contributed by atoms with Crippen LogP contribution < -0.4 is 14.4 Å². The van der Waals surface area contributed by atoms with Crippen molar-refractivity contribution in [3.05, 3.63) is 90.0 Å². The molecule has 0 unspecified atom stereocenters. The largest absolute Gasteiger partial charge is 0.497 e. The number of sulfonamides is 1. The van der Waals surface area contributed by atoms with E-state index >= 15 is 0 Å². The lowest BCUT2D eigenvalue weighted by molar-refractivity contribution is -0.119. The van der Waals surface area contributed by atoms with Crippen molar-refractivity contribution in [3.8, 4) is 5.75 Å². The number of anilines is 1. The van der Waals surface area contributed by atoms with Crippen LogP contribution >= 0.6 is 11.8 Å². The lowest BCUT2D eigenvalue weighted by atomic mass is 10.2. The molecule has 0 radical (unpaired) electrons. The number of halogens is 2. The van der Waals surface area contributed by atoms with E-state index in [2.05, 4.69) is 5.32 Å². The van der Waals surface area contributed by atoms with Gasteiger partial charge < -0.3 is 10.1 Å². The van der Waals surface area contributed by atoms with Crippen molar-refractivity contribution in [2.24, 2.45) is 0 Å². The molecule has 3 rings (SSSR count). The van der Waals surface area contributed by atoms with Gasteiger partial charge in [-0.25, -0.2) is 17.2 Å². The summed E-state index contributed by atoms with van der Waals surface area (Å²) in [6.07, 6.45) is 0. The molecule has 0 aromatic heterocycles. The molecule has 0 saturated carbocycles. The number of methoxy groups -OCH3 is 1. The van der Waals surface area contributed by atoms with Crippen LogP contribution in [0.3, 0.4) is 0 Å². The van der Waals surface area contributed by atoms with Crippen molar-refractivity contribution in [2.75, 3.05) is 30.3 Å². The van der Waals surface area contributed by atoms with E-state index in [9.17, 15) is 22.0 Å². The maximum Gasteiger partial charge on any atom is 0.264 e. The molecular formula is C24H24F2N2O4S2. The van der Waals surface area contributed by atoms with Gasteiger partial charge in [-0.15, -0.1) is 0 Å². The molecule has 0 fully saturated rings. The van der Waals surface area contributed by atoms with E-state index in [-0.39, 0.29) is 22.9 Å². The van der Waals surface area contributed by atoms with Gasteiger partial charge in [-0.2, -0.15) is 11.8 Å². The average Bonchev–Trinajstić information content (AvgIpc) is 2.84. The monoisotopic (exact) mass is 506 g/mol. The van der Waals surface area contributed by atoms with Gasteiger partial charge in [-0.05, 0) is 60.2 Å². The van der Waals surface area contributed by atoms with Crippen LogP contribution in [-0.4, -0.2) is 40.3 Å². The highest BCUT2D eigenvalue weighted by molar-refractivity contribution is 7.98. The SMILES string of the molecule is COc1ccc(S(=O)(=O)N(CC(=O)NCCSCc2ccccc2F)c2ccc(F)cc2)cc1.